The van der Waals surface area contributed by atoms with Gasteiger partial charge in [0, 0.05) is 42.1 Å². The Balaban J connectivity index is 1.95. The van der Waals surface area contributed by atoms with Gasteiger partial charge in [-0.3, -0.25) is 24.6 Å². The molecular weight excluding hydrogens is 422 g/mol. The summed E-state index contributed by atoms with van der Waals surface area (Å²) in [5, 5.41) is 25.3. The number of para-hydroxylation sites is 1. The van der Waals surface area contributed by atoms with Gasteiger partial charge in [0.1, 0.15) is 17.3 Å². The lowest BCUT2D eigenvalue weighted by molar-refractivity contribution is -0.384. The molecule has 33 heavy (non-hydrogen) atoms. The van der Waals surface area contributed by atoms with Crippen molar-refractivity contribution in [1.29, 1.82) is 5.26 Å². The standard InChI is InChI=1S/C24H17N5O4/c1-15-20(23(30)27(2)24(31)21(15)13-25)12-17-14-28(18-8-4-3-5-9-18)26-22(17)16-7-6-10-19(11-16)29(32)33/h3-12,14H,1-2H3/b20-12+. The van der Waals surface area contributed by atoms with Crippen LogP contribution in [0.2, 0.25) is 0 Å². The SMILES string of the molecule is CC1=C(C#N)C(=O)N(C)C(=O)/C1=C/c1cn(-c2ccccc2)nc1-c1cccc([N+](=O)[O-])c1. The van der Waals surface area contributed by atoms with Crippen molar-refractivity contribution in [1.82, 2.24) is 14.7 Å². The van der Waals surface area contributed by atoms with E-state index in [1.807, 2.05) is 36.4 Å². The first-order valence-corrected chi connectivity index (χ1v) is 9.87. The Morgan fingerprint density at radius 3 is 2.48 bits per heavy atom. The van der Waals surface area contributed by atoms with E-state index in [0.717, 1.165) is 10.6 Å². The fourth-order valence-corrected chi connectivity index (χ4v) is 3.55. The second kappa shape index (κ2) is 8.36. The van der Waals surface area contributed by atoms with Crippen LogP contribution in [-0.2, 0) is 9.59 Å². The minimum absolute atomic E-state index is 0.0951. The number of amides is 2. The summed E-state index contributed by atoms with van der Waals surface area (Å²) < 4.78 is 1.60. The van der Waals surface area contributed by atoms with Gasteiger partial charge in [0.15, 0.2) is 0 Å². The molecule has 0 saturated carbocycles. The molecular formula is C24H17N5O4. The highest BCUT2D eigenvalue weighted by Crippen LogP contribution is 2.31. The van der Waals surface area contributed by atoms with E-state index in [1.165, 1.54) is 19.2 Å². The summed E-state index contributed by atoms with van der Waals surface area (Å²) in [7, 11) is 1.32. The molecule has 3 aromatic rings. The van der Waals surface area contributed by atoms with Crippen LogP contribution < -0.4 is 0 Å². The first kappa shape index (κ1) is 21.4. The number of hydrogen-bond donors (Lipinski definition) is 0. The van der Waals surface area contributed by atoms with Gasteiger partial charge in [-0.05, 0) is 30.7 Å². The third kappa shape index (κ3) is 3.81. The molecule has 0 bridgehead atoms. The second-order valence-electron chi connectivity index (χ2n) is 7.36. The molecule has 9 heteroatoms. The lowest BCUT2D eigenvalue weighted by Gasteiger charge is -2.23. The van der Waals surface area contributed by atoms with Gasteiger partial charge in [-0.15, -0.1) is 0 Å². The number of benzene rings is 2. The van der Waals surface area contributed by atoms with Crippen molar-refractivity contribution < 1.29 is 14.5 Å². The van der Waals surface area contributed by atoms with Crippen LogP contribution in [0.4, 0.5) is 5.69 Å². The first-order valence-electron chi connectivity index (χ1n) is 9.87. The van der Waals surface area contributed by atoms with E-state index < -0.39 is 16.7 Å². The Hall–Kier alpha value is -4.84. The minimum Gasteiger partial charge on any atom is -0.277 e. The number of carbonyl (C=O) groups excluding carboxylic acids is 2. The van der Waals surface area contributed by atoms with Gasteiger partial charge in [-0.25, -0.2) is 4.68 Å². The van der Waals surface area contributed by atoms with Crippen molar-refractivity contribution in [3.8, 4) is 23.0 Å². The number of non-ortho nitro benzene ring substituents is 1. The Labute approximate surface area is 188 Å². The summed E-state index contributed by atoms with van der Waals surface area (Å²) in [6.07, 6.45) is 3.25. The number of nitrogens with zero attached hydrogens (tertiary/aromatic N) is 5. The highest BCUT2D eigenvalue weighted by molar-refractivity contribution is 6.19. The van der Waals surface area contributed by atoms with Crippen LogP contribution in [0.3, 0.4) is 0 Å². The summed E-state index contributed by atoms with van der Waals surface area (Å²) >= 11 is 0. The van der Waals surface area contributed by atoms with Crippen molar-refractivity contribution in [2.45, 2.75) is 6.92 Å². The fraction of sp³-hybridized carbons (Fsp3) is 0.0833. The van der Waals surface area contributed by atoms with Gasteiger partial charge < -0.3 is 0 Å². The van der Waals surface area contributed by atoms with Crippen LogP contribution in [0, 0.1) is 21.4 Å². The highest BCUT2D eigenvalue weighted by atomic mass is 16.6. The molecule has 2 heterocycles. The van der Waals surface area contributed by atoms with Crippen LogP contribution >= 0.6 is 0 Å². The molecule has 4 rings (SSSR count). The maximum Gasteiger partial charge on any atom is 0.271 e. The largest absolute Gasteiger partial charge is 0.277 e. The second-order valence-corrected chi connectivity index (χ2v) is 7.36. The zero-order valence-electron chi connectivity index (χ0n) is 17.7. The fourth-order valence-electron chi connectivity index (χ4n) is 3.55. The zero-order chi connectivity index (χ0) is 23.7. The molecule has 0 aliphatic carbocycles. The Morgan fingerprint density at radius 2 is 1.82 bits per heavy atom. The molecule has 0 saturated heterocycles. The summed E-state index contributed by atoms with van der Waals surface area (Å²) in [4.78, 5) is 36.8. The predicted octanol–water partition coefficient (Wildman–Crippen LogP) is 3.67. The van der Waals surface area contributed by atoms with Crippen LogP contribution in [-0.4, -0.2) is 38.5 Å². The van der Waals surface area contributed by atoms with E-state index in [2.05, 4.69) is 5.10 Å². The molecule has 1 aliphatic heterocycles. The van der Waals surface area contributed by atoms with Gasteiger partial charge in [-0.1, -0.05) is 30.3 Å². The number of carbonyl (C=O) groups is 2. The van der Waals surface area contributed by atoms with Gasteiger partial charge in [0.05, 0.1) is 10.6 Å². The van der Waals surface area contributed by atoms with Crippen molar-refractivity contribution in [3.05, 3.63) is 93.2 Å². The molecule has 2 amide bonds. The smallest absolute Gasteiger partial charge is 0.271 e. The molecule has 0 atom stereocenters. The molecule has 0 fully saturated rings. The monoisotopic (exact) mass is 439 g/mol. The summed E-state index contributed by atoms with van der Waals surface area (Å²) in [6.45, 7) is 1.54. The molecule has 162 valence electrons. The van der Waals surface area contributed by atoms with Gasteiger partial charge in [0.2, 0.25) is 0 Å². The lowest BCUT2D eigenvalue weighted by Crippen LogP contribution is -2.39. The zero-order valence-corrected chi connectivity index (χ0v) is 17.7. The van der Waals surface area contributed by atoms with Crippen LogP contribution in [0.1, 0.15) is 12.5 Å². The van der Waals surface area contributed by atoms with E-state index in [4.69, 9.17) is 0 Å². The van der Waals surface area contributed by atoms with E-state index in [9.17, 15) is 25.0 Å². The Kier molecular flexibility index (Phi) is 5.42. The van der Waals surface area contributed by atoms with Gasteiger partial charge in [0.25, 0.3) is 17.5 Å². The van der Waals surface area contributed by atoms with Crippen molar-refractivity contribution in [3.63, 3.8) is 0 Å². The molecule has 0 spiro atoms. The lowest BCUT2D eigenvalue weighted by atomic mass is 9.93. The highest BCUT2D eigenvalue weighted by Gasteiger charge is 2.33. The topological polar surface area (TPSA) is 122 Å². The Morgan fingerprint density at radius 1 is 1.09 bits per heavy atom. The third-order valence-electron chi connectivity index (χ3n) is 5.34. The molecule has 1 aromatic heterocycles. The normalized spacial score (nSPS) is 15.2. The maximum absolute atomic E-state index is 12.9. The van der Waals surface area contributed by atoms with Gasteiger partial charge in [-0.2, -0.15) is 10.4 Å². The van der Waals surface area contributed by atoms with Crippen molar-refractivity contribution >= 4 is 23.6 Å². The average Bonchev–Trinajstić information content (AvgIpc) is 3.25. The molecule has 9 nitrogen and oxygen atoms in total. The molecule has 0 unspecified atom stereocenters. The maximum atomic E-state index is 12.9. The average molecular weight is 439 g/mol. The predicted molar refractivity (Wildman–Crippen MR) is 120 cm³/mol. The quantitative estimate of drug-likeness (QED) is 0.265. The number of hydrogen-bond acceptors (Lipinski definition) is 6. The number of nitro groups is 1. The van der Waals surface area contributed by atoms with Gasteiger partial charge >= 0.3 is 0 Å². The van der Waals surface area contributed by atoms with Crippen LogP contribution in [0.15, 0.2) is 77.5 Å². The molecule has 0 N–H and O–H groups in total. The van der Waals surface area contributed by atoms with E-state index in [0.29, 0.717) is 16.8 Å². The number of nitriles is 1. The first-order chi connectivity index (χ1) is 15.8. The number of rotatable bonds is 4. The van der Waals surface area contributed by atoms with E-state index >= 15 is 0 Å². The minimum atomic E-state index is -0.656. The van der Waals surface area contributed by atoms with E-state index in [-0.39, 0.29) is 22.4 Å². The van der Waals surface area contributed by atoms with Crippen molar-refractivity contribution in [2.24, 2.45) is 0 Å². The number of likely N-dealkylation sites (N-methyl/N-ethyl adjacent to an activating group) is 1. The van der Waals surface area contributed by atoms with Crippen LogP contribution in [0.5, 0.6) is 0 Å². The molecule has 1 aliphatic rings. The Bertz CT molecular complexity index is 1410. The number of nitro benzene ring substituents is 1. The number of imide groups is 1. The summed E-state index contributed by atoms with van der Waals surface area (Å²) in [6, 6.07) is 17.1. The van der Waals surface area contributed by atoms with Crippen LogP contribution in [0.25, 0.3) is 23.0 Å². The summed E-state index contributed by atoms with van der Waals surface area (Å²) in [5.74, 6) is -1.20. The molecule has 2 aromatic carbocycles. The van der Waals surface area contributed by atoms with E-state index in [1.54, 1.807) is 36.0 Å². The third-order valence-corrected chi connectivity index (χ3v) is 5.34. The summed E-state index contributed by atoms with van der Waals surface area (Å²) in [5.41, 5.74) is 2.38. The van der Waals surface area contributed by atoms with Crippen molar-refractivity contribution in [2.75, 3.05) is 7.05 Å². The number of aromatic nitrogens is 2. The molecule has 0 radical (unpaired) electrons.